The van der Waals surface area contributed by atoms with E-state index in [0.29, 0.717) is 42.1 Å². The zero-order chi connectivity index (χ0) is 31.8. The van der Waals surface area contributed by atoms with Gasteiger partial charge in [-0.05, 0) is 75.8 Å². The number of imidazole rings is 1. The van der Waals surface area contributed by atoms with Gasteiger partial charge in [0.1, 0.15) is 12.1 Å². The van der Waals surface area contributed by atoms with Crippen molar-refractivity contribution in [2.75, 3.05) is 10.6 Å². The fourth-order valence-electron chi connectivity index (χ4n) is 5.28. The molecule has 230 valence electrons. The van der Waals surface area contributed by atoms with Crippen LogP contribution >= 0.6 is 23.2 Å². The van der Waals surface area contributed by atoms with E-state index in [4.69, 9.17) is 27.9 Å². The highest BCUT2D eigenvalue weighted by atomic mass is 35.5. The van der Waals surface area contributed by atoms with Gasteiger partial charge in [-0.1, -0.05) is 54.7 Å². The molecule has 4 aromatic rings. The smallest absolute Gasteiger partial charge is 0.266 e. The first-order valence-corrected chi connectivity index (χ1v) is 15.3. The average molecular weight is 638 g/mol. The lowest BCUT2D eigenvalue weighted by atomic mass is 9.91. The molecule has 1 saturated carbocycles. The summed E-state index contributed by atoms with van der Waals surface area (Å²) in [5, 5.41) is 6.31. The number of hydrogen-bond acceptors (Lipinski definition) is 7. The van der Waals surface area contributed by atoms with Gasteiger partial charge < -0.3 is 15.4 Å². The SMILES string of the molecule is CCC(Oc1ccc(C)cc1C)C(=O)Nc1ncnc2c1ncn2C(C(=O)Nc1cc(C)c(Cl)cc1Cl)C(=O)C1(CC)CC1. The number of amides is 2. The number of aryl methyl sites for hydroxylation is 3. The van der Waals surface area contributed by atoms with Gasteiger partial charge in [-0.2, -0.15) is 0 Å². The highest BCUT2D eigenvalue weighted by molar-refractivity contribution is 6.37. The third kappa shape index (κ3) is 6.14. The lowest BCUT2D eigenvalue weighted by molar-refractivity contribution is -0.133. The van der Waals surface area contributed by atoms with E-state index >= 15 is 0 Å². The highest BCUT2D eigenvalue weighted by Gasteiger charge is 2.52. The zero-order valence-corrected chi connectivity index (χ0v) is 26.7. The maximum absolute atomic E-state index is 14.0. The summed E-state index contributed by atoms with van der Waals surface area (Å²) in [5.41, 5.74) is 2.90. The summed E-state index contributed by atoms with van der Waals surface area (Å²) in [6.07, 6.45) is 4.22. The molecule has 2 amide bonds. The Kier molecular flexibility index (Phi) is 8.95. The first-order valence-electron chi connectivity index (χ1n) is 14.5. The van der Waals surface area contributed by atoms with Crippen molar-refractivity contribution in [1.29, 1.82) is 0 Å². The Morgan fingerprint density at radius 3 is 2.36 bits per heavy atom. The molecule has 0 spiro atoms. The summed E-state index contributed by atoms with van der Waals surface area (Å²) in [6.45, 7) is 9.49. The average Bonchev–Trinajstić information content (AvgIpc) is 3.68. The van der Waals surface area contributed by atoms with E-state index in [-0.39, 0.29) is 27.8 Å². The molecule has 1 aliphatic carbocycles. The van der Waals surface area contributed by atoms with Crippen LogP contribution in [0.4, 0.5) is 11.5 Å². The third-order valence-corrected chi connectivity index (χ3v) is 8.92. The molecule has 0 saturated heterocycles. The number of benzene rings is 2. The lowest BCUT2D eigenvalue weighted by Gasteiger charge is -2.22. The second kappa shape index (κ2) is 12.5. The molecule has 5 rings (SSSR count). The first-order chi connectivity index (χ1) is 21.0. The van der Waals surface area contributed by atoms with Gasteiger partial charge in [0.25, 0.3) is 11.8 Å². The van der Waals surface area contributed by atoms with Crippen molar-refractivity contribution in [2.24, 2.45) is 5.41 Å². The molecule has 10 nitrogen and oxygen atoms in total. The topological polar surface area (TPSA) is 128 Å². The number of hydrogen-bond donors (Lipinski definition) is 2. The van der Waals surface area contributed by atoms with E-state index in [2.05, 4.69) is 25.6 Å². The number of rotatable bonds is 11. The molecule has 1 aliphatic rings. The molecule has 2 N–H and O–H groups in total. The van der Waals surface area contributed by atoms with Gasteiger partial charge in [0.15, 0.2) is 34.9 Å². The Labute approximate surface area is 265 Å². The normalized spacial score (nSPS) is 15.0. The van der Waals surface area contributed by atoms with Crippen LogP contribution in [0, 0.1) is 26.2 Å². The Morgan fingerprint density at radius 2 is 1.70 bits per heavy atom. The first kappa shape index (κ1) is 31.4. The number of nitrogens with one attached hydrogen (secondary N) is 2. The van der Waals surface area contributed by atoms with Crippen molar-refractivity contribution in [3.05, 3.63) is 69.7 Å². The van der Waals surface area contributed by atoms with Crippen LogP contribution < -0.4 is 15.4 Å². The quantitative estimate of drug-likeness (QED) is 0.173. The van der Waals surface area contributed by atoms with Crippen LogP contribution in [0.2, 0.25) is 10.0 Å². The van der Waals surface area contributed by atoms with E-state index in [0.717, 1.165) is 16.7 Å². The minimum absolute atomic E-state index is 0.140. The summed E-state index contributed by atoms with van der Waals surface area (Å²) in [4.78, 5) is 54.2. The summed E-state index contributed by atoms with van der Waals surface area (Å²) < 4.78 is 7.47. The minimum atomic E-state index is -1.29. The zero-order valence-electron chi connectivity index (χ0n) is 25.2. The van der Waals surface area contributed by atoms with E-state index in [1.54, 1.807) is 19.1 Å². The van der Waals surface area contributed by atoms with Crippen molar-refractivity contribution in [3.63, 3.8) is 0 Å². The van der Waals surface area contributed by atoms with Crippen LogP contribution in [-0.2, 0) is 14.4 Å². The molecule has 2 heterocycles. The summed E-state index contributed by atoms with van der Waals surface area (Å²) >= 11 is 12.6. The lowest BCUT2D eigenvalue weighted by Crippen LogP contribution is -2.36. The fourth-order valence-corrected chi connectivity index (χ4v) is 5.71. The molecule has 2 aromatic heterocycles. The molecule has 2 aromatic carbocycles. The van der Waals surface area contributed by atoms with Crippen LogP contribution in [0.25, 0.3) is 11.2 Å². The van der Waals surface area contributed by atoms with Crippen LogP contribution in [-0.4, -0.2) is 43.2 Å². The Hall–Kier alpha value is -4.02. The molecule has 44 heavy (non-hydrogen) atoms. The van der Waals surface area contributed by atoms with Crippen molar-refractivity contribution in [2.45, 2.75) is 72.4 Å². The predicted molar refractivity (Wildman–Crippen MR) is 170 cm³/mol. The van der Waals surface area contributed by atoms with Gasteiger partial charge in [-0.25, -0.2) is 15.0 Å². The number of anilines is 2. The van der Waals surface area contributed by atoms with Gasteiger partial charge in [-0.15, -0.1) is 0 Å². The van der Waals surface area contributed by atoms with Gasteiger partial charge in [0.2, 0.25) is 0 Å². The second-order valence-electron chi connectivity index (χ2n) is 11.3. The Balaban J connectivity index is 1.46. The van der Waals surface area contributed by atoms with Crippen molar-refractivity contribution < 1.29 is 19.1 Å². The van der Waals surface area contributed by atoms with Crippen LogP contribution in [0.5, 0.6) is 5.75 Å². The predicted octanol–water partition coefficient (Wildman–Crippen LogP) is 6.79. The van der Waals surface area contributed by atoms with Gasteiger partial charge in [-0.3, -0.25) is 19.0 Å². The molecular weight excluding hydrogens is 603 g/mol. The minimum Gasteiger partial charge on any atom is -0.480 e. The number of carbonyl (C=O) groups is 3. The van der Waals surface area contributed by atoms with Gasteiger partial charge in [0.05, 0.1) is 17.0 Å². The van der Waals surface area contributed by atoms with Gasteiger partial charge >= 0.3 is 0 Å². The standard InChI is InChI=1S/C32H34Cl2N6O4/c1-6-23(44-24-9-8-17(3)12-19(24)5)30(42)39-28-25-29(36-15-35-28)40(16-37-25)26(27(41)32(7-2)10-11-32)31(43)38-22-13-18(4)20(33)14-21(22)34/h8-9,12-16,23,26H,6-7,10-11H2,1-5H3,(H,38,43)(H,35,36,39,42). The van der Waals surface area contributed by atoms with E-state index < -0.39 is 29.4 Å². The number of fused-ring (bicyclic) bond motifs is 1. The number of halogens is 2. The highest BCUT2D eigenvalue weighted by Crippen LogP contribution is 2.52. The maximum atomic E-state index is 14.0. The third-order valence-electron chi connectivity index (χ3n) is 8.20. The number of aromatic nitrogens is 4. The Bertz CT molecular complexity index is 1770. The van der Waals surface area contributed by atoms with Crippen molar-refractivity contribution in [1.82, 2.24) is 19.5 Å². The van der Waals surface area contributed by atoms with E-state index in [1.165, 1.54) is 17.2 Å². The molecule has 0 bridgehead atoms. The van der Waals surface area contributed by atoms with Gasteiger partial charge in [0, 0.05) is 10.4 Å². The summed E-state index contributed by atoms with van der Waals surface area (Å²) in [5.74, 6) is -0.488. The number of nitrogens with zero attached hydrogens (tertiary/aromatic N) is 4. The fraction of sp³-hybridized carbons (Fsp3) is 0.375. The molecule has 1 fully saturated rings. The second-order valence-corrected chi connectivity index (χ2v) is 12.1. The molecule has 2 atom stereocenters. The molecule has 0 radical (unpaired) electrons. The number of ketones is 1. The summed E-state index contributed by atoms with van der Waals surface area (Å²) in [6, 6.07) is 7.66. The molecule has 0 aliphatic heterocycles. The number of ether oxygens (including phenoxy) is 1. The monoisotopic (exact) mass is 636 g/mol. The number of carbonyl (C=O) groups excluding carboxylic acids is 3. The van der Waals surface area contributed by atoms with E-state index in [1.807, 2.05) is 45.9 Å². The molecule has 12 heteroatoms. The van der Waals surface area contributed by atoms with Crippen LogP contribution in [0.1, 0.15) is 62.3 Å². The largest absolute Gasteiger partial charge is 0.480 e. The van der Waals surface area contributed by atoms with Crippen molar-refractivity contribution in [3.8, 4) is 5.75 Å². The van der Waals surface area contributed by atoms with Crippen LogP contribution in [0.15, 0.2) is 43.0 Å². The number of Topliss-reactive ketones (excluding diaryl/α,β-unsaturated/α-hetero) is 1. The maximum Gasteiger partial charge on any atom is 0.266 e. The Morgan fingerprint density at radius 1 is 0.955 bits per heavy atom. The summed E-state index contributed by atoms with van der Waals surface area (Å²) in [7, 11) is 0. The van der Waals surface area contributed by atoms with E-state index in [9.17, 15) is 14.4 Å². The van der Waals surface area contributed by atoms with Crippen molar-refractivity contribution >= 4 is 63.5 Å². The molecular formula is C32H34Cl2N6O4. The molecule has 2 unspecified atom stereocenters. The van der Waals surface area contributed by atoms with Crippen LogP contribution in [0.3, 0.4) is 0 Å².